The fourth-order valence-corrected chi connectivity index (χ4v) is 15.9. The molecule has 7 heteroatoms. The largest absolute Gasteiger partial charge is 0.308 e. The minimum Gasteiger partial charge on any atom is -0.308 e. The molecule has 115 heavy (non-hydrogen) atoms. The van der Waals surface area contributed by atoms with E-state index in [-0.39, 0.29) is 0 Å². The first-order valence-corrected chi connectivity index (χ1v) is 38.9. The fraction of sp³-hybridized carbons (Fsp3) is 0. The van der Waals surface area contributed by atoms with E-state index in [2.05, 4.69) is 435 Å². The van der Waals surface area contributed by atoms with E-state index in [1.54, 1.807) is 0 Å². The van der Waals surface area contributed by atoms with Crippen molar-refractivity contribution in [2.24, 2.45) is 0 Å². The normalized spacial score (nSPS) is 11.3. The zero-order valence-corrected chi connectivity index (χ0v) is 62.6. The van der Waals surface area contributed by atoms with Crippen molar-refractivity contribution in [3.8, 4) is 185 Å². The highest BCUT2D eigenvalue weighted by molar-refractivity contribution is 6.17. The summed E-state index contributed by atoms with van der Waals surface area (Å²) in [4.78, 5) is 32.8. The molecule has 0 fully saturated rings. The number of hydrogen-bond acceptors (Lipinski definition) is 6. The highest BCUT2D eigenvalue weighted by atomic mass is 15.0. The lowest BCUT2D eigenvalue weighted by Crippen LogP contribution is -2.01. The van der Waals surface area contributed by atoms with Crippen LogP contribution in [0.15, 0.2) is 431 Å². The third-order valence-corrected chi connectivity index (χ3v) is 21.6. The third-order valence-electron chi connectivity index (χ3n) is 21.6. The van der Waals surface area contributed by atoms with Crippen LogP contribution in [0, 0.1) is 0 Å². The molecule has 0 spiro atoms. The van der Waals surface area contributed by atoms with Crippen LogP contribution in [0.5, 0.6) is 0 Å². The summed E-state index contributed by atoms with van der Waals surface area (Å²) in [6, 6.07) is 153. The van der Waals surface area contributed by atoms with Gasteiger partial charge in [0.25, 0.3) is 0 Å². The molecule has 0 aliphatic heterocycles. The van der Waals surface area contributed by atoms with E-state index in [0.717, 1.165) is 172 Å². The second-order valence-corrected chi connectivity index (χ2v) is 29.0. The van der Waals surface area contributed by atoms with Gasteiger partial charge in [0.15, 0.2) is 34.9 Å². The van der Waals surface area contributed by atoms with Gasteiger partial charge >= 0.3 is 0 Å². The molecule has 0 N–H and O–H groups in total. The molecule has 538 valence electrons. The minimum absolute atomic E-state index is 0.560. The number of hydrogen-bond donors (Lipinski definition) is 0. The predicted octanol–water partition coefficient (Wildman–Crippen LogP) is 27.8. The lowest BCUT2D eigenvalue weighted by molar-refractivity contribution is 1.07. The second kappa shape index (κ2) is 30.4. The van der Waals surface area contributed by atoms with Crippen LogP contribution in [0.1, 0.15) is 0 Å². The quantitative estimate of drug-likeness (QED) is 0.0903. The molecule has 0 atom stereocenters. The van der Waals surface area contributed by atoms with Gasteiger partial charge in [-0.05, 0) is 185 Å². The molecule has 17 aromatic carbocycles. The molecule has 7 nitrogen and oxygen atoms in total. The number of rotatable bonds is 17. The standard InChI is InChI=1S/C108H71N7/c1-10-30-72(31-11-1)84-60-85(73-32-12-2-13-33-73)65-92(64-84)105-109-103(110-106(113-105)93-66-86(74-34-14-3-15-35-74)61-87(67-93)75-36-16-4-17-37-75)82-56-52-80(53-57-82)97-48-28-50-99-100-51-29-49-98(102(100)115(101(97)99)96-46-26-9-27-47-96)81-54-58-83(59-55-81)104-111-107(94-68-88(76-38-18-5-19-39-76)62-89(69-94)77-40-20-6-21-41-77)114-108(112-104)95-70-90(78-42-22-7-23-43-78)63-91(71-95)79-44-24-8-25-45-79/h1-71H. The van der Waals surface area contributed by atoms with E-state index in [1.807, 2.05) is 0 Å². The summed E-state index contributed by atoms with van der Waals surface area (Å²) in [5, 5.41) is 2.27. The molecule has 0 aliphatic carbocycles. The molecule has 20 rings (SSSR count). The number of aromatic nitrogens is 7. The van der Waals surface area contributed by atoms with Gasteiger partial charge in [-0.2, -0.15) is 0 Å². The number of fused-ring (bicyclic) bond motifs is 3. The number of benzene rings is 17. The van der Waals surface area contributed by atoms with Crippen LogP contribution in [-0.4, -0.2) is 34.5 Å². The molecule has 3 aromatic heterocycles. The summed E-state index contributed by atoms with van der Waals surface area (Å²) >= 11 is 0. The molecule has 3 heterocycles. The maximum atomic E-state index is 5.48. The van der Waals surface area contributed by atoms with Gasteiger partial charge in [0.05, 0.1) is 11.0 Å². The van der Waals surface area contributed by atoms with Gasteiger partial charge in [-0.15, -0.1) is 0 Å². The van der Waals surface area contributed by atoms with Crippen molar-refractivity contribution in [3.63, 3.8) is 0 Å². The molecule has 0 saturated carbocycles. The molecule has 0 unspecified atom stereocenters. The lowest BCUT2D eigenvalue weighted by atomic mass is 9.95. The molecular weight excluding hydrogens is 1400 g/mol. The Bertz CT molecular complexity index is 6010. The van der Waals surface area contributed by atoms with Crippen LogP contribution in [0.3, 0.4) is 0 Å². The zero-order chi connectivity index (χ0) is 76.4. The Hall–Kier alpha value is -15.4. The first-order chi connectivity index (χ1) is 56.9. The maximum absolute atomic E-state index is 5.48. The Morgan fingerprint density at radius 1 is 0.130 bits per heavy atom. The Morgan fingerprint density at radius 2 is 0.313 bits per heavy atom. The van der Waals surface area contributed by atoms with Crippen LogP contribution < -0.4 is 0 Å². The van der Waals surface area contributed by atoms with Crippen LogP contribution in [0.2, 0.25) is 0 Å². The monoisotopic (exact) mass is 1470 g/mol. The zero-order valence-electron chi connectivity index (χ0n) is 62.6. The van der Waals surface area contributed by atoms with Gasteiger partial charge < -0.3 is 4.57 Å². The molecule has 20 aromatic rings. The number of para-hydroxylation sites is 3. The average Bonchev–Trinajstić information content (AvgIpc) is 1.57. The molecular formula is C108H71N7. The van der Waals surface area contributed by atoms with Crippen LogP contribution in [0.4, 0.5) is 0 Å². The van der Waals surface area contributed by atoms with Crippen molar-refractivity contribution in [2.75, 3.05) is 0 Å². The van der Waals surface area contributed by atoms with Crippen LogP contribution in [-0.2, 0) is 0 Å². The second-order valence-electron chi connectivity index (χ2n) is 29.0. The van der Waals surface area contributed by atoms with E-state index in [9.17, 15) is 0 Å². The highest BCUT2D eigenvalue weighted by Gasteiger charge is 2.24. The smallest absolute Gasteiger partial charge is 0.164 e. The van der Waals surface area contributed by atoms with E-state index < -0.39 is 0 Å². The molecule has 0 radical (unpaired) electrons. The first-order valence-electron chi connectivity index (χ1n) is 38.9. The summed E-state index contributed by atoms with van der Waals surface area (Å²) in [5.74, 6) is 3.40. The van der Waals surface area contributed by atoms with Gasteiger partial charge in [-0.25, -0.2) is 29.9 Å². The topological polar surface area (TPSA) is 82.3 Å². The Labute approximate surface area is 668 Å². The summed E-state index contributed by atoms with van der Waals surface area (Å²) in [5.41, 5.74) is 30.0. The Morgan fingerprint density at radius 3 is 0.530 bits per heavy atom. The average molecular weight is 1470 g/mol. The van der Waals surface area contributed by atoms with Gasteiger partial charge in [0.1, 0.15) is 0 Å². The Balaban J connectivity index is 0.718. The van der Waals surface area contributed by atoms with E-state index in [0.29, 0.717) is 34.9 Å². The van der Waals surface area contributed by atoms with Crippen molar-refractivity contribution in [1.82, 2.24) is 34.5 Å². The predicted molar refractivity (Wildman–Crippen MR) is 475 cm³/mol. The molecule has 0 amide bonds. The van der Waals surface area contributed by atoms with E-state index in [1.165, 1.54) is 0 Å². The van der Waals surface area contributed by atoms with Crippen LogP contribution in [0.25, 0.3) is 207 Å². The van der Waals surface area contributed by atoms with Crippen LogP contribution >= 0.6 is 0 Å². The lowest BCUT2D eigenvalue weighted by Gasteiger charge is -2.15. The fourth-order valence-electron chi connectivity index (χ4n) is 15.9. The van der Waals surface area contributed by atoms with Crippen molar-refractivity contribution in [3.05, 3.63) is 431 Å². The molecule has 0 saturated heterocycles. The summed E-state index contributed by atoms with van der Waals surface area (Å²) in [6.45, 7) is 0. The van der Waals surface area contributed by atoms with Gasteiger partial charge in [-0.3, -0.25) is 0 Å². The van der Waals surface area contributed by atoms with Gasteiger partial charge in [0.2, 0.25) is 0 Å². The molecule has 0 aliphatic rings. The summed E-state index contributed by atoms with van der Waals surface area (Å²) in [7, 11) is 0. The Kier molecular flexibility index (Phi) is 18.2. The van der Waals surface area contributed by atoms with Gasteiger partial charge in [0, 0.05) is 61.0 Å². The highest BCUT2D eigenvalue weighted by Crippen LogP contribution is 2.45. The van der Waals surface area contributed by atoms with Crippen molar-refractivity contribution in [1.29, 1.82) is 0 Å². The van der Waals surface area contributed by atoms with Crippen molar-refractivity contribution < 1.29 is 0 Å². The summed E-state index contributed by atoms with van der Waals surface area (Å²) in [6.07, 6.45) is 0. The first kappa shape index (κ1) is 68.8. The summed E-state index contributed by atoms with van der Waals surface area (Å²) < 4.78 is 2.45. The van der Waals surface area contributed by atoms with Crippen molar-refractivity contribution >= 4 is 21.8 Å². The number of nitrogens with zero attached hydrogens (tertiary/aromatic N) is 7. The van der Waals surface area contributed by atoms with E-state index >= 15 is 0 Å². The third kappa shape index (κ3) is 14.0. The SMILES string of the molecule is c1ccc(-c2cc(-c3ccccc3)cc(-c3nc(-c4ccc(-c5cccc6c7cccc(-c8ccc(-c9nc(-c%10cc(-c%11ccccc%11)cc(-c%11ccccc%11)c%10)nc(-c%10cc(-c%11ccccc%11)cc(-c%11ccccc%11)c%10)n9)cc8)c7n(-c7ccccc7)c56)cc4)nc(-c4cc(-c5ccccc5)cc(-c5ccccc5)c4)n3)c2)cc1. The minimum atomic E-state index is 0.560. The maximum Gasteiger partial charge on any atom is 0.164 e. The van der Waals surface area contributed by atoms with E-state index in [4.69, 9.17) is 29.9 Å². The van der Waals surface area contributed by atoms with Crippen molar-refractivity contribution in [2.45, 2.75) is 0 Å². The van der Waals surface area contributed by atoms with Gasteiger partial charge in [-0.1, -0.05) is 346 Å². The molecule has 0 bridgehead atoms.